The lowest BCUT2D eigenvalue weighted by Crippen LogP contribution is -2.28. The summed E-state index contributed by atoms with van der Waals surface area (Å²) >= 11 is 0. The van der Waals surface area contributed by atoms with Crippen LogP contribution in [0.4, 0.5) is 0 Å². The van der Waals surface area contributed by atoms with Crippen molar-refractivity contribution in [2.45, 2.75) is 19.4 Å². The van der Waals surface area contributed by atoms with Crippen LogP contribution < -0.4 is 14.8 Å². The maximum atomic E-state index is 11.8. The number of carboxylic acid groups (broad SMARTS) is 1. The Balaban J connectivity index is 1.66. The summed E-state index contributed by atoms with van der Waals surface area (Å²) in [6, 6.07) is 16.5. The Morgan fingerprint density at radius 2 is 1.60 bits per heavy atom. The van der Waals surface area contributed by atoms with Crippen molar-refractivity contribution < 1.29 is 24.2 Å². The van der Waals surface area contributed by atoms with Gasteiger partial charge >= 0.3 is 5.97 Å². The number of nitrogens with one attached hydrogen (secondary N) is 1. The van der Waals surface area contributed by atoms with Crippen LogP contribution in [0, 0.1) is 0 Å². The topological polar surface area (TPSA) is 84.9 Å². The van der Waals surface area contributed by atoms with Crippen LogP contribution in [0.1, 0.15) is 18.4 Å². The zero-order valence-corrected chi connectivity index (χ0v) is 13.8. The van der Waals surface area contributed by atoms with Gasteiger partial charge in [-0.25, -0.2) is 0 Å². The number of carboxylic acids is 1. The van der Waals surface area contributed by atoms with E-state index < -0.39 is 5.97 Å². The Hall–Kier alpha value is -3.02. The molecule has 0 aliphatic rings. The largest absolute Gasteiger partial charge is 0.494 e. The average molecular weight is 343 g/mol. The first kappa shape index (κ1) is 18.3. The van der Waals surface area contributed by atoms with Gasteiger partial charge in [0.25, 0.3) is 5.91 Å². The van der Waals surface area contributed by atoms with Crippen molar-refractivity contribution in [1.82, 2.24) is 5.32 Å². The number of amides is 1. The summed E-state index contributed by atoms with van der Waals surface area (Å²) in [6.07, 6.45) is 0.559. The molecule has 0 spiro atoms. The lowest BCUT2D eigenvalue weighted by molar-refractivity contribution is -0.137. The minimum atomic E-state index is -0.828. The molecule has 6 heteroatoms. The highest BCUT2D eigenvalue weighted by Gasteiger charge is 2.03. The van der Waals surface area contributed by atoms with Crippen molar-refractivity contribution >= 4 is 11.9 Å². The molecule has 2 rings (SSSR count). The van der Waals surface area contributed by atoms with Crippen LogP contribution in [-0.4, -0.2) is 30.2 Å². The molecule has 0 aromatic heterocycles. The molecule has 6 nitrogen and oxygen atoms in total. The van der Waals surface area contributed by atoms with Crippen molar-refractivity contribution in [3.8, 4) is 11.5 Å². The van der Waals surface area contributed by atoms with E-state index in [0.717, 1.165) is 5.56 Å². The van der Waals surface area contributed by atoms with Crippen molar-refractivity contribution in [1.29, 1.82) is 0 Å². The molecular weight excluding hydrogens is 322 g/mol. The number of para-hydroxylation sites is 1. The van der Waals surface area contributed by atoms with Crippen molar-refractivity contribution in [3.05, 3.63) is 60.2 Å². The van der Waals surface area contributed by atoms with E-state index in [2.05, 4.69) is 5.32 Å². The predicted octanol–water partition coefficient (Wildman–Crippen LogP) is 2.63. The van der Waals surface area contributed by atoms with E-state index in [0.29, 0.717) is 31.1 Å². The van der Waals surface area contributed by atoms with E-state index in [9.17, 15) is 9.59 Å². The van der Waals surface area contributed by atoms with E-state index >= 15 is 0 Å². The molecular formula is C19H21NO5. The SMILES string of the molecule is O=C(O)CCCOc1ccc(CNC(=O)COc2ccccc2)cc1. The zero-order valence-electron chi connectivity index (χ0n) is 13.8. The van der Waals surface area contributed by atoms with Gasteiger partial charge in [0.1, 0.15) is 11.5 Å². The Morgan fingerprint density at radius 1 is 0.920 bits per heavy atom. The first-order valence-electron chi connectivity index (χ1n) is 8.01. The minimum absolute atomic E-state index is 0.0330. The van der Waals surface area contributed by atoms with Gasteiger partial charge in [0, 0.05) is 13.0 Å². The van der Waals surface area contributed by atoms with Gasteiger partial charge in [-0.15, -0.1) is 0 Å². The number of aliphatic carboxylic acids is 1. The summed E-state index contributed by atoms with van der Waals surface area (Å²) in [5.41, 5.74) is 0.936. The molecule has 0 radical (unpaired) electrons. The summed E-state index contributed by atoms with van der Waals surface area (Å²) in [5, 5.41) is 11.3. The Kier molecular flexibility index (Phi) is 7.31. The molecule has 1 amide bonds. The van der Waals surface area contributed by atoms with E-state index in [-0.39, 0.29) is 18.9 Å². The maximum absolute atomic E-state index is 11.8. The Morgan fingerprint density at radius 3 is 2.28 bits per heavy atom. The molecule has 0 aliphatic heterocycles. The molecule has 0 bridgehead atoms. The molecule has 2 aromatic carbocycles. The lowest BCUT2D eigenvalue weighted by atomic mass is 10.2. The van der Waals surface area contributed by atoms with Gasteiger partial charge in [0.15, 0.2) is 6.61 Å². The third kappa shape index (κ3) is 7.39. The Labute approximate surface area is 146 Å². The van der Waals surface area contributed by atoms with E-state index in [1.54, 1.807) is 24.3 Å². The van der Waals surface area contributed by atoms with Crippen molar-refractivity contribution in [2.24, 2.45) is 0 Å². The van der Waals surface area contributed by atoms with Gasteiger partial charge in [-0.1, -0.05) is 30.3 Å². The first-order valence-corrected chi connectivity index (χ1v) is 8.01. The minimum Gasteiger partial charge on any atom is -0.494 e. The second-order valence-corrected chi connectivity index (χ2v) is 5.37. The van der Waals surface area contributed by atoms with E-state index in [4.69, 9.17) is 14.6 Å². The van der Waals surface area contributed by atoms with Gasteiger partial charge in [0.2, 0.25) is 0 Å². The first-order chi connectivity index (χ1) is 12.1. The monoisotopic (exact) mass is 343 g/mol. The summed E-state index contributed by atoms with van der Waals surface area (Å²) < 4.78 is 10.8. The molecule has 0 aliphatic carbocycles. The number of hydrogen-bond donors (Lipinski definition) is 2. The van der Waals surface area contributed by atoms with E-state index in [1.807, 2.05) is 30.3 Å². The fraction of sp³-hybridized carbons (Fsp3) is 0.263. The molecule has 0 fully saturated rings. The van der Waals surface area contributed by atoms with Crippen molar-refractivity contribution in [3.63, 3.8) is 0 Å². The molecule has 132 valence electrons. The van der Waals surface area contributed by atoms with E-state index in [1.165, 1.54) is 0 Å². The quantitative estimate of drug-likeness (QED) is 0.648. The normalized spacial score (nSPS) is 10.1. The van der Waals surface area contributed by atoms with Crippen LogP contribution >= 0.6 is 0 Å². The van der Waals surface area contributed by atoms with Gasteiger partial charge in [-0.2, -0.15) is 0 Å². The smallest absolute Gasteiger partial charge is 0.303 e. The molecule has 0 heterocycles. The number of rotatable bonds is 10. The van der Waals surface area contributed by atoms with Gasteiger partial charge in [0.05, 0.1) is 6.61 Å². The molecule has 0 saturated heterocycles. The fourth-order valence-electron chi connectivity index (χ4n) is 2.03. The molecule has 0 atom stereocenters. The third-order valence-corrected chi connectivity index (χ3v) is 3.33. The average Bonchev–Trinajstić information content (AvgIpc) is 2.63. The summed E-state index contributed by atoms with van der Waals surface area (Å²) in [6.45, 7) is 0.726. The molecule has 0 saturated carbocycles. The highest BCUT2D eigenvalue weighted by atomic mass is 16.5. The third-order valence-electron chi connectivity index (χ3n) is 3.33. The Bertz CT molecular complexity index is 670. The van der Waals surface area contributed by atoms with Gasteiger partial charge in [-0.05, 0) is 36.2 Å². The standard InChI is InChI=1S/C19H21NO5/c21-18(14-25-16-5-2-1-3-6-16)20-13-15-8-10-17(11-9-15)24-12-4-7-19(22)23/h1-3,5-6,8-11H,4,7,12-14H2,(H,20,21)(H,22,23). The fourth-order valence-corrected chi connectivity index (χ4v) is 2.03. The molecule has 2 aromatic rings. The number of hydrogen-bond acceptors (Lipinski definition) is 4. The van der Waals surface area contributed by atoms with Crippen molar-refractivity contribution in [2.75, 3.05) is 13.2 Å². The van der Waals surface area contributed by atoms with Crippen LogP contribution in [0.15, 0.2) is 54.6 Å². The van der Waals surface area contributed by atoms with Crippen LogP contribution in [0.25, 0.3) is 0 Å². The van der Waals surface area contributed by atoms with Crippen LogP contribution in [0.2, 0.25) is 0 Å². The van der Waals surface area contributed by atoms with Crippen LogP contribution in [0.3, 0.4) is 0 Å². The highest BCUT2D eigenvalue weighted by molar-refractivity contribution is 5.77. The zero-order chi connectivity index (χ0) is 17.9. The summed E-state index contributed by atoms with van der Waals surface area (Å²) in [5.74, 6) is 0.304. The second-order valence-electron chi connectivity index (χ2n) is 5.37. The lowest BCUT2D eigenvalue weighted by Gasteiger charge is -2.09. The molecule has 0 unspecified atom stereocenters. The second kappa shape index (κ2) is 9.97. The maximum Gasteiger partial charge on any atom is 0.303 e. The molecule has 2 N–H and O–H groups in total. The van der Waals surface area contributed by atoms with Gasteiger partial charge < -0.3 is 19.9 Å². The highest BCUT2D eigenvalue weighted by Crippen LogP contribution is 2.13. The number of carbonyl (C=O) groups excluding carboxylic acids is 1. The number of carbonyl (C=O) groups is 2. The van der Waals surface area contributed by atoms with Gasteiger partial charge in [-0.3, -0.25) is 9.59 Å². The molecule has 25 heavy (non-hydrogen) atoms. The summed E-state index contributed by atoms with van der Waals surface area (Å²) in [7, 11) is 0. The number of benzene rings is 2. The van der Waals surface area contributed by atoms with Crippen LogP contribution in [0.5, 0.6) is 11.5 Å². The summed E-state index contributed by atoms with van der Waals surface area (Å²) in [4.78, 5) is 22.2. The predicted molar refractivity (Wildman–Crippen MR) is 92.6 cm³/mol. The number of ether oxygens (including phenoxy) is 2. The van der Waals surface area contributed by atoms with Crippen LogP contribution in [-0.2, 0) is 16.1 Å².